The van der Waals surface area contributed by atoms with Crippen molar-refractivity contribution in [3.63, 3.8) is 0 Å². The smallest absolute Gasteiger partial charge is 0.353 e. The molecule has 0 fully saturated rings. The van der Waals surface area contributed by atoms with E-state index in [1.807, 2.05) is 0 Å². The van der Waals surface area contributed by atoms with Gasteiger partial charge in [0.1, 0.15) is 0 Å². The Bertz CT molecular complexity index is 250. The Morgan fingerprint density at radius 3 is 2.00 bits per heavy atom. The molecule has 1 atom stereocenters. The molecule has 6 heteroatoms. The minimum absolute atomic E-state index is 0.754. The van der Waals surface area contributed by atoms with Crippen LogP contribution >= 0.6 is 0 Å². The molecule has 5 nitrogen and oxygen atoms in total. The summed E-state index contributed by atoms with van der Waals surface area (Å²) in [5.74, 6) is -1.18. The lowest BCUT2D eigenvalue weighted by Crippen LogP contribution is -2.43. The van der Waals surface area contributed by atoms with Crippen molar-refractivity contribution in [3.05, 3.63) is 0 Å². The Morgan fingerprint density at radius 2 is 1.91 bits per heavy atom. The number of hydrogen-bond acceptors (Lipinski definition) is 5. The molecular formula is C5H10O5S. The van der Waals surface area contributed by atoms with Crippen LogP contribution in [0, 0.1) is 0 Å². The normalized spacial score (nSPS) is 17.1. The first-order valence-corrected chi connectivity index (χ1v) is 4.63. The predicted octanol–water partition coefficient (Wildman–Crippen LogP) is -1.09. The van der Waals surface area contributed by atoms with E-state index >= 15 is 0 Å². The average molecular weight is 182 g/mol. The van der Waals surface area contributed by atoms with E-state index in [1.54, 1.807) is 0 Å². The van der Waals surface area contributed by atoms with E-state index in [9.17, 15) is 13.2 Å². The molecule has 0 aromatic heterocycles. The molecule has 66 valence electrons. The van der Waals surface area contributed by atoms with Crippen LogP contribution in [0.25, 0.3) is 0 Å². The number of ether oxygens (including phenoxy) is 1. The molecule has 0 rings (SSSR count). The first-order valence-electron chi connectivity index (χ1n) is 2.74. The van der Waals surface area contributed by atoms with Crippen LogP contribution in [0.5, 0.6) is 0 Å². The van der Waals surface area contributed by atoms with E-state index in [-0.39, 0.29) is 0 Å². The van der Waals surface area contributed by atoms with Crippen molar-refractivity contribution in [2.45, 2.75) is 11.9 Å². The Kier molecular flexibility index (Phi) is 2.63. The van der Waals surface area contributed by atoms with Crippen LogP contribution in [-0.2, 0) is 19.4 Å². The molecule has 11 heavy (non-hydrogen) atoms. The van der Waals surface area contributed by atoms with Crippen molar-refractivity contribution >= 4 is 15.8 Å². The first kappa shape index (κ1) is 10.4. The highest BCUT2D eigenvalue weighted by molar-refractivity contribution is 7.92. The van der Waals surface area contributed by atoms with E-state index in [0.717, 1.165) is 20.3 Å². The lowest BCUT2D eigenvalue weighted by atomic mass is 10.4. The lowest BCUT2D eigenvalue weighted by Gasteiger charge is -2.16. The summed E-state index contributed by atoms with van der Waals surface area (Å²) in [4.78, 5) is 8.19. The largest absolute Gasteiger partial charge is 0.466 e. The predicted molar refractivity (Wildman–Crippen MR) is 37.5 cm³/mol. The maximum absolute atomic E-state index is 10.7. The highest BCUT2D eigenvalue weighted by Crippen LogP contribution is 2.12. The summed E-state index contributed by atoms with van der Waals surface area (Å²) in [6.07, 6.45) is 0.754. The summed E-state index contributed by atoms with van der Waals surface area (Å²) in [6, 6.07) is 0. The number of esters is 1. The van der Waals surface area contributed by atoms with Crippen LogP contribution in [0.2, 0.25) is 0 Å². The van der Waals surface area contributed by atoms with Crippen LogP contribution in [0.1, 0.15) is 6.92 Å². The zero-order chi connectivity index (χ0) is 9.28. The second-order valence-corrected chi connectivity index (χ2v) is 4.59. The highest BCUT2D eigenvalue weighted by atomic mass is 32.2. The van der Waals surface area contributed by atoms with Gasteiger partial charge >= 0.3 is 5.97 Å². The molecule has 0 aromatic carbocycles. The fourth-order valence-corrected chi connectivity index (χ4v) is 0.727. The Labute approximate surface area is 64.9 Å². The molecule has 0 heterocycles. The molecule has 1 N–H and O–H groups in total. The molecule has 0 amide bonds. The van der Waals surface area contributed by atoms with Gasteiger partial charge in [-0.15, -0.1) is 0 Å². The van der Waals surface area contributed by atoms with Gasteiger partial charge in [-0.25, -0.2) is 13.2 Å². The molecule has 0 saturated carbocycles. The number of sulfone groups is 1. The van der Waals surface area contributed by atoms with Gasteiger partial charge in [0.25, 0.3) is 4.93 Å². The zero-order valence-corrected chi connectivity index (χ0v) is 7.30. The summed E-state index contributed by atoms with van der Waals surface area (Å²) >= 11 is 0. The number of carbonyl (C=O) groups is 1. The summed E-state index contributed by atoms with van der Waals surface area (Å²) in [7, 11) is -2.83. The van der Waals surface area contributed by atoms with E-state index in [0.29, 0.717) is 0 Å². The quantitative estimate of drug-likeness (QED) is 0.549. The number of carbonyl (C=O) groups excluding carboxylic acids is 1. The fourth-order valence-electron chi connectivity index (χ4n) is 0.341. The van der Waals surface area contributed by atoms with Crippen molar-refractivity contribution in [3.8, 4) is 0 Å². The summed E-state index contributed by atoms with van der Waals surface area (Å²) in [5.41, 5.74) is 0. The third kappa shape index (κ3) is 1.90. The second-order valence-electron chi connectivity index (χ2n) is 2.25. The van der Waals surface area contributed by atoms with E-state index in [2.05, 4.69) is 4.74 Å². The second kappa shape index (κ2) is 2.78. The standard InChI is InChI=1S/C5H10O5S/c1-5(7,4(6)10-2)11(3,8)9/h7H,1-3H3. The molecule has 0 aromatic rings. The molecule has 1 unspecified atom stereocenters. The zero-order valence-electron chi connectivity index (χ0n) is 6.49. The summed E-state index contributed by atoms with van der Waals surface area (Å²) < 4.78 is 25.5. The molecular weight excluding hydrogens is 172 g/mol. The fraction of sp³-hybridized carbons (Fsp3) is 0.800. The van der Waals surface area contributed by atoms with E-state index in [1.165, 1.54) is 0 Å². The van der Waals surface area contributed by atoms with Gasteiger partial charge in [-0.3, -0.25) is 0 Å². The van der Waals surface area contributed by atoms with Crippen LogP contribution in [0.4, 0.5) is 0 Å². The third-order valence-corrected chi connectivity index (χ3v) is 2.90. The van der Waals surface area contributed by atoms with Gasteiger partial charge in [-0.2, -0.15) is 0 Å². The SMILES string of the molecule is COC(=O)C(C)(O)S(C)(=O)=O. The highest BCUT2D eigenvalue weighted by Gasteiger charge is 2.42. The Morgan fingerprint density at radius 1 is 1.55 bits per heavy atom. The maximum Gasteiger partial charge on any atom is 0.353 e. The van der Waals surface area contributed by atoms with Crippen LogP contribution < -0.4 is 0 Å². The molecule has 0 aliphatic heterocycles. The van der Waals surface area contributed by atoms with Gasteiger partial charge in [0.05, 0.1) is 7.11 Å². The number of rotatable bonds is 2. The molecule has 0 saturated heterocycles. The molecule has 0 spiro atoms. The molecule has 0 bridgehead atoms. The van der Waals surface area contributed by atoms with Crippen molar-refractivity contribution < 1.29 is 23.1 Å². The van der Waals surface area contributed by atoms with Gasteiger partial charge in [0.2, 0.25) is 0 Å². The van der Waals surface area contributed by atoms with Gasteiger partial charge in [-0.1, -0.05) is 0 Å². The third-order valence-electron chi connectivity index (χ3n) is 1.29. The van der Waals surface area contributed by atoms with E-state index < -0.39 is 20.7 Å². The average Bonchev–Trinajstić information content (AvgIpc) is 1.83. The topological polar surface area (TPSA) is 80.7 Å². The van der Waals surface area contributed by atoms with Gasteiger partial charge in [0.15, 0.2) is 9.84 Å². The van der Waals surface area contributed by atoms with Gasteiger partial charge in [-0.05, 0) is 6.92 Å². The molecule has 0 radical (unpaired) electrons. The van der Waals surface area contributed by atoms with Crippen molar-refractivity contribution in [1.82, 2.24) is 0 Å². The van der Waals surface area contributed by atoms with Gasteiger partial charge < -0.3 is 9.84 Å². The molecule has 0 aliphatic rings. The number of hydrogen-bond donors (Lipinski definition) is 1. The molecule has 0 aliphatic carbocycles. The first-order chi connectivity index (χ1) is 4.73. The van der Waals surface area contributed by atoms with Crippen LogP contribution in [0.3, 0.4) is 0 Å². The van der Waals surface area contributed by atoms with E-state index in [4.69, 9.17) is 5.11 Å². The van der Waals surface area contributed by atoms with Gasteiger partial charge in [0, 0.05) is 6.26 Å². The minimum Gasteiger partial charge on any atom is -0.466 e. The van der Waals surface area contributed by atoms with Crippen LogP contribution in [-0.4, -0.2) is 37.8 Å². The monoisotopic (exact) mass is 182 g/mol. The van der Waals surface area contributed by atoms with Crippen LogP contribution in [0.15, 0.2) is 0 Å². The number of methoxy groups -OCH3 is 1. The van der Waals surface area contributed by atoms with Crippen molar-refractivity contribution in [1.29, 1.82) is 0 Å². The minimum atomic E-state index is -3.83. The van der Waals surface area contributed by atoms with Crippen molar-refractivity contribution in [2.75, 3.05) is 13.4 Å². The number of aliphatic hydroxyl groups is 1. The lowest BCUT2D eigenvalue weighted by molar-refractivity contribution is -0.152. The summed E-state index contributed by atoms with van der Waals surface area (Å²) in [5, 5.41) is 9.06. The Balaban J connectivity index is 4.90. The Hall–Kier alpha value is -0.620. The summed E-state index contributed by atoms with van der Waals surface area (Å²) in [6.45, 7) is 0.869. The maximum atomic E-state index is 10.7. The van der Waals surface area contributed by atoms with Crippen molar-refractivity contribution in [2.24, 2.45) is 0 Å².